The smallest absolute Gasteiger partial charge is 0.277 e. The molecular weight excluding hydrogens is 382 g/mol. The summed E-state index contributed by atoms with van der Waals surface area (Å²) in [5, 5.41) is 3.90. The molecule has 0 amide bonds. The van der Waals surface area contributed by atoms with Crippen LogP contribution in [0.4, 0.5) is 0 Å². The molecule has 2 nitrogen and oxygen atoms in total. The van der Waals surface area contributed by atoms with Gasteiger partial charge in [-0.1, -0.05) is 69.3 Å². The van der Waals surface area contributed by atoms with Gasteiger partial charge < -0.3 is 4.43 Å². The van der Waals surface area contributed by atoms with Crippen LogP contribution in [0.1, 0.15) is 26.3 Å². The van der Waals surface area contributed by atoms with Crippen molar-refractivity contribution in [2.75, 3.05) is 0 Å². The Kier molecular flexibility index (Phi) is 4.16. The molecule has 1 aliphatic heterocycles. The molecule has 0 atom stereocenters. The number of aromatic nitrogens is 1. The standard InChI is InChI=1S/C27H27NOSi/c1-27(2,3)23-17-19(16-18-10-6-7-11-20(18)23)25-26-22(14-15-28-25)21-12-8-9-13-24(21)30(4,5)29-26/h6-17H,1-5H3. The first-order valence-electron chi connectivity index (χ1n) is 10.6. The average Bonchev–Trinajstić information content (AvgIpc) is 2.72. The van der Waals surface area contributed by atoms with E-state index < -0.39 is 8.32 Å². The maximum atomic E-state index is 6.75. The zero-order valence-electron chi connectivity index (χ0n) is 18.3. The number of hydrogen-bond donors (Lipinski definition) is 0. The maximum Gasteiger partial charge on any atom is 0.277 e. The molecule has 30 heavy (non-hydrogen) atoms. The third kappa shape index (κ3) is 2.96. The van der Waals surface area contributed by atoms with Crippen molar-refractivity contribution >= 4 is 24.3 Å². The Bertz CT molecular complexity index is 1280. The molecule has 0 spiro atoms. The minimum atomic E-state index is -2.07. The topological polar surface area (TPSA) is 22.1 Å². The number of fused-ring (bicyclic) bond motifs is 4. The summed E-state index contributed by atoms with van der Waals surface area (Å²) in [5.41, 5.74) is 5.87. The van der Waals surface area contributed by atoms with Gasteiger partial charge in [0.1, 0.15) is 11.4 Å². The normalized spacial score (nSPS) is 14.7. The van der Waals surface area contributed by atoms with Crippen LogP contribution >= 0.6 is 0 Å². The SMILES string of the molecule is CC(C)(C)c1cc(-c2nccc3c2O[Si](C)(C)c2ccccc2-3)cc2ccccc12. The Morgan fingerprint density at radius 1 is 0.833 bits per heavy atom. The molecule has 1 aliphatic rings. The van der Waals surface area contributed by atoms with Gasteiger partial charge in [-0.15, -0.1) is 0 Å². The number of hydrogen-bond acceptors (Lipinski definition) is 2. The number of rotatable bonds is 1. The highest BCUT2D eigenvalue weighted by Gasteiger charge is 2.37. The van der Waals surface area contributed by atoms with E-state index in [4.69, 9.17) is 9.41 Å². The summed E-state index contributed by atoms with van der Waals surface area (Å²) in [7, 11) is -2.07. The predicted octanol–water partition coefficient (Wildman–Crippen LogP) is 6.67. The summed E-state index contributed by atoms with van der Waals surface area (Å²) in [4.78, 5) is 4.83. The predicted molar refractivity (Wildman–Crippen MR) is 129 cm³/mol. The van der Waals surface area contributed by atoms with Gasteiger partial charge in [-0.25, -0.2) is 0 Å². The zero-order valence-corrected chi connectivity index (χ0v) is 19.3. The van der Waals surface area contributed by atoms with Crippen LogP contribution in [0.3, 0.4) is 0 Å². The molecule has 3 heteroatoms. The second-order valence-electron chi connectivity index (χ2n) is 9.69. The monoisotopic (exact) mass is 409 g/mol. The lowest BCUT2D eigenvalue weighted by molar-refractivity contribution is 0.562. The van der Waals surface area contributed by atoms with Gasteiger partial charge in [0.25, 0.3) is 8.32 Å². The van der Waals surface area contributed by atoms with Crippen molar-refractivity contribution in [2.24, 2.45) is 0 Å². The molecule has 150 valence electrons. The van der Waals surface area contributed by atoms with Gasteiger partial charge in [0, 0.05) is 17.3 Å². The first-order valence-corrected chi connectivity index (χ1v) is 13.5. The van der Waals surface area contributed by atoms with Crippen LogP contribution in [-0.4, -0.2) is 13.3 Å². The van der Waals surface area contributed by atoms with Crippen molar-refractivity contribution < 1.29 is 4.43 Å². The lowest BCUT2D eigenvalue weighted by atomic mass is 9.82. The Morgan fingerprint density at radius 3 is 2.37 bits per heavy atom. The average molecular weight is 410 g/mol. The highest BCUT2D eigenvalue weighted by Crippen LogP contribution is 2.43. The van der Waals surface area contributed by atoms with E-state index >= 15 is 0 Å². The Hall–Kier alpha value is -2.91. The summed E-state index contributed by atoms with van der Waals surface area (Å²) in [6, 6.07) is 24.0. The van der Waals surface area contributed by atoms with Crippen molar-refractivity contribution in [3.63, 3.8) is 0 Å². The van der Waals surface area contributed by atoms with Crippen LogP contribution in [0.15, 0.2) is 72.9 Å². The third-order valence-electron chi connectivity index (χ3n) is 6.07. The maximum absolute atomic E-state index is 6.75. The van der Waals surface area contributed by atoms with E-state index in [2.05, 4.69) is 101 Å². The van der Waals surface area contributed by atoms with Gasteiger partial charge in [-0.3, -0.25) is 4.98 Å². The largest absolute Gasteiger partial charge is 0.538 e. The van der Waals surface area contributed by atoms with Gasteiger partial charge in [-0.2, -0.15) is 0 Å². The minimum absolute atomic E-state index is 0.0337. The van der Waals surface area contributed by atoms with Crippen molar-refractivity contribution in [3.8, 4) is 28.1 Å². The van der Waals surface area contributed by atoms with E-state index in [1.165, 1.54) is 27.1 Å². The second-order valence-corrected chi connectivity index (χ2v) is 13.5. The molecule has 3 aromatic carbocycles. The van der Waals surface area contributed by atoms with Crippen LogP contribution in [0.2, 0.25) is 13.1 Å². The molecule has 0 radical (unpaired) electrons. The number of benzene rings is 3. The Labute approximate surface area is 179 Å². The van der Waals surface area contributed by atoms with Gasteiger partial charge in [0.05, 0.1) is 0 Å². The molecule has 0 bridgehead atoms. The zero-order chi connectivity index (χ0) is 21.1. The molecule has 5 rings (SSSR count). The highest BCUT2D eigenvalue weighted by molar-refractivity contribution is 6.86. The third-order valence-corrected chi connectivity index (χ3v) is 8.52. The quantitative estimate of drug-likeness (QED) is 0.328. The van der Waals surface area contributed by atoms with E-state index in [1.807, 2.05) is 6.20 Å². The first-order chi connectivity index (χ1) is 14.3. The lowest BCUT2D eigenvalue weighted by Gasteiger charge is -2.34. The molecule has 0 unspecified atom stereocenters. The summed E-state index contributed by atoms with van der Waals surface area (Å²) < 4.78 is 6.75. The molecule has 0 aliphatic carbocycles. The summed E-state index contributed by atoms with van der Waals surface area (Å²) >= 11 is 0. The lowest BCUT2D eigenvalue weighted by Crippen LogP contribution is -2.51. The van der Waals surface area contributed by atoms with Crippen LogP contribution in [-0.2, 0) is 5.41 Å². The number of pyridine rings is 1. The van der Waals surface area contributed by atoms with Crippen molar-refractivity contribution in [1.82, 2.24) is 4.98 Å². The molecular formula is C27H27NOSi. The van der Waals surface area contributed by atoms with Crippen molar-refractivity contribution in [1.29, 1.82) is 0 Å². The fourth-order valence-electron chi connectivity index (χ4n) is 4.59. The van der Waals surface area contributed by atoms with Crippen molar-refractivity contribution in [3.05, 3.63) is 78.5 Å². The summed E-state index contributed by atoms with van der Waals surface area (Å²) in [6.45, 7) is 11.4. The Morgan fingerprint density at radius 2 is 1.57 bits per heavy atom. The molecule has 0 saturated carbocycles. The molecule has 0 saturated heterocycles. The molecule has 1 aromatic heterocycles. The van der Waals surface area contributed by atoms with E-state index in [0.717, 1.165) is 22.6 Å². The first kappa shape index (κ1) is 19.1. The van der Waals surface area contributed by atoms with Gasteiger partial charge in [-0.05, 0) is 63.8 Å². The van der Waals surface area contributed by atoms with Crippen molar-refractivity contribution in [2.45, 2.75) is 39.3 Å². The van der Waals surface area contributed by atoms with E-state index in [0.29, 0.717) is 0 Å². The van der Waals surface area contributed by atoms with Crippen LogP contribution < -0.4 is 9.61 Å². The van der Waals surface area contributed by atoms with E-state index in [9.17, 15) is 0 Å². The minimum Gasteiger partial charge on any atom is -0.538 e. The molecule has 4 aromatic rings. The van der Waals surface area contributed by atoms with Gasteiger partial charge in [0.2, 0.25) is 0 Å². The molecule has 0 fully saturated rings. The fraction of sp³-hybridized carbons (Fsp3) is 0.222. The van der Waals surface area contributed by atoms with E-state index in [-0.39, 0.29) is 5.41 Å². The van der Waals surface area contributed by atoms with Crippen LogP contribution in [0.5, 0.6) is 5.75 Å². The number of nitrogens with zero attached hydrogens (tertiary/aromatic N) is 1. The molecule has 2 heterocycles. The fourth-order valence-corrected chi connectivity index (χ4v) is 6.78. The highest BCUT2D eigenvalue weighted by atomic mass is 28.4. The van der Waals surface area contributed by atoms with E-state index in [1.54, 1.807) is 0 Å². The molecule has 0 N–H and O–H groups in total. The van der Waals surface area contributed by atoms with Crippen LogP contribution in [0, 0.1) is 0 Å². The summed E-state index contributed by atoms with van der Waals surface area (Å²) in [5.74, 6) is 0.933. The van der Waals surface area contributed by atoms with Gasteiger partial charge >= 0.3 is 0 Å². The Balaban J connectivity index is 1.80. The summed E-state index contributed by atoms with van der Waals surface area (Å²) in [6.07, 6.45) is 1.92. The van der Waals surface area contributed by atoms with Crippen LogP contribution in [0.25, 0.3) is 33.2 Å². The van der Waals surface area contributed by atoms with Gasteiger partial charge in [0.15, 0.2) is 0 Å². The second kappa shape index (κ2) is 6.54.